The first kappa shape index (κ1) is 14.7. The molecule has 5 heteroatoms. The Hall–Kier alpha value is 0.285. The van der Waals surface area contributed by atoms with Gasteiger partial charge in [-0.2, -0.15) is 12.6 Å². The molecule has 1 heterocycles. The van der Waals surface area contributed by atoms with Gasteiger partial charge in [0.25, 0.3) is 0 Å². The first-order valence-electron chi connectivity index (χ1n) is 6.01. The van der Waals surface area contributed by atoms with Gasteiger partial charge in [-0.25, -0.2) is 0 Å². The normalized spacial score (nSPS) is 21.3. The van der Waals surface area contributed by atoms with Crippen molar-refractivity contribution in [2.45, 2.75) is 44.6 Å². The third kappa shape index (κ3) is 2.74. The van der Waals surface area contributed by atoms with E-state index in [1.165, 1.54) is 9.13 Å². The van der Waals surface area contributed by atoms with E-state index in [0.717, 1.165) is 11.2 Å². The molecule has 0 saturated carbocycles. The molecule has 98 valence electrons. The van der Waals surface area contributed by atoms with Gasteiger partial charge in [-0.1, -0.05) is 6.07 Å². The van der Waals surface area contributed by atoms with Gasteiger partial charge in [-0.3, -0.25) is 0 Å². The molecule has 2 nitrogen and oxygen atoms in total. The zero-order chi connectivity index (χ0) is 13.6. The Balaban J connectivity index is 2.32. The van der Waals surface area contributed by atoms with E-state index in [2.05, 4.69) is 81.1 Å². The van der Waals surface area contributed by atoms with Crippen LogP contribution in [0.25, 0.3) is 0 Å². The number of rotatable bonds is 2. The largest absolute Gasteiger partial charge is 0.494 e. The second kappa shape index (κ2) is 5.00. The van der Waals surface area contributed by atoms with E-state index in [1.54, 1.807) is 0 Å². The third-order valence-corrected chi connectivity index (χ3v) is 4.68. The molecule has 1 aromatic rings. The second-order valence-electron chi connectivity index (χ2n) is 5.64. The van der Waals surface area contributed by atoms with Gasteiger partial charge in [0.15, 0.2) is 0 Å². The molecule has 0 atom stereocenters. The molecule has 0 N–H and O–H groups in total. The van der Waals surface area contributed by atoms with Crippen molar-refractivity contribution in [3.63, 3.8) is 0 Å². The maximum absolute atomic E-state index is 6.05. The van der Waals surface area contributed by atoms with Gasteiger partial charge >= 0.3 is 7.12 Å². The number of halogens is 1. The van der Waals surface area contributed by atoms with Crippen LogP contribution in [0, 0.1) is 3.57 Å². The predicted octanol–water partition coefficient (Wildman–Crippen LogP) is 3.02. The van der Waals surface area contributed by atoms with Gasteiger partial charge in [0.05, 0.1) is 11.2 Å². The molecule has 0 radical (unpaired) electrons. The molecule has 1 aliphatic rings. The summed E-state index contributed by atoms with van der Waals surface area (Å²) in [7, 11) is -0.289. The average Bonchev–Trinajstić information content (AvgIpc) is 2.47. The predicted molar refractivity (Wildman–Crippen MR) is 87.6 cm³/mol. The van der Waals surface area contributed by atoms with Crippen LogP contribution in [-0.4, -0.2) is 18.3 Å². The van der Waals surface area contributed by atoms with Gasteiger partial charge in [0, 0.05) is 9.32 Å². The molecule has 1 aromatic carbocycles. The molecule has 1 fully saturated rings. The molecule has 0 amide bonds. The Kier molecular flexibility index (Phi) is 4.08. The highest BCUT2D eigenvalue weighted by Crippen LogP contribution is 2.36. The van der Waals surface area contributed by atoms with Crippen molar-refractivity contribution < 1.29 is 9.31 Å². The molecule has 0 spiro atoms. The number of thiol groups is 1. The van der Waals surface area contributed by atoms with Crippen molar-refractivity contribution >= 4 is 47.8 Å². The van der Waals surface area contributed by atoms with Crippen LogP contribution in [-0.2, 0) is 15.1 Å². The highest BCUT2D eigenvalue weighted by Gasteiger charge is 2.51. The minimum absolute atomic E-state index is 0.289. The number of benzene rings is 1. The van der Waals surface area contributed by atoms with E-state index in [9.17, 15) is 0 Å². The van der Waals surface area contributed by atoms with Crippen LogP contribution in [0.2, 0.25) is 0 Å². The number of hydrogen-bond acceptors (Lipinski definition) is 3. The zero-order valence-electron chi connectivity index (χ0n) is 11.2. The molecule has 2 rings (SSSR count). The fourth-order valence-corrected chi connectivity index (χ4v) is 2.82. The second-order valence-corrected chi connectivity index (χ2v) is 7.20. The van der Waals surface area contributed by atoms with E-state index in [-0.39, 0.29) is 18.3 Å². The molecule has 18 heavy (non-hydrogen) atoms. The van der Waals surface area contributed by atoms with Crippen LogP contribution >= 0.6 is 35.2 Å². The van der Waals surface area contributed by atoms with Gasteiger partial charge in [0.1, 0.15) is 0 Å². The molecular formula is C13H18BIO2S. The average molecular weight is 376 g/mol. The van der Waals surface area contributed by atoms with Crippen LogP contribution in [0.3, 0.4) is 0 Å². The van der Waals surface area contributed by atoms with Crippen molar-refractivity contribution in [2.75, 3.05) is 0 Å². The lowest BCUT2D eigenvalue weighted by atomic mass is 9.78. The SMILES string of the molecule is CC1(C)OB(c2cc(I)cc(CS)c2)OC1(C)C. The van der Waals surface area contributed by atoms with E-state index in [1.807, 2.05) is 0 Å². The lowest BCUT2D eigenvalue weighted by Crippen LogP contribution is -2.41. The lowest BCUT2D eigenvalue weighted by Gasteiger charge is -2.32. The minimum Gasteiger partial charge on any atom is -0.399 e. The van der Waals surface area contributed by atoms with Crippen LogP contribution in [0.15, 0.2) is 18.2 Å². The Bertz CT molecular complexity index is 446. The van der Waals surface area contributed by atoms with Crippen LogP contribution in [0.1, 0.15) is 33.3 Å². The summed E-state index contributed by atoms with van der Waals surface area (Å²) in [5.41, 5.74) is 1.68. The first-order valence-corrected chi connectivity index (χ1v) is 7.72. The van der Waals surface area contributed by atoms with E-state index < -0.39 is 0 Å². The Morgan fingerprint density at radius 1 is 1.11 bits per heavy atom. The fourth-order valence-electron chi connectivity index (χ4n) is 1.88. The Morgan fingerprint density at radius 3 is 2.17 bits per heavy atom. The van der Waals surface area contributed by atoms with Crippen molar-refractivity contribution in [1.29, 1.82) is 0 Å². The van der Waals surface area contributed by atoms with Gasteiger partial charge in [-0.05, 0) is 73.4 Å². The summed E-state index contributed by atoms with van der Waals surface area (Å²) in [5, 5.41) is 0. The van der Waals surface area contributed by atoms with E-state index in [4.69, 9.17) is 9.31 Å². The quantitative estimate of drug-likeness (QED) is 0.486. The summed E-state index contributed by atoms with van der Waals surface area (Å²) in [5.74, 6) is 0.726. The standard InChI is InChI=1S/C13H18BIO2S/c1-12(2)13(3,4)17-14(16-12)10-5-9(8-18)6-11(15)7-10/h5-7,18H,8H2,1-4H3. The summed E-state index contributed by atoms with van der Waals surface area (Å²) in [6, 6.07) is 6.34. The maximum atomic E-state index is 6.05. The van der Waals surface area contributed by atoms with Gasteiger partial charge < -0.3 is 9.31 Å². The topological polar surface area (TPSA) is 18.5 Å². The Labute approximate surface area is 129 Å². The molecule has 0 unspecified atom stereocenters. The van der Waals surface area contributed by atoms with Crippen LogP contribution in [0.4, 0.5) is 0 Å². The minimum atomic E-state index is -0.292. The monoisotopic (exact) mass is 376 g/mol. The summed E-state index contributed by atoms with van der Waals surface area (Å²) in [4.78, 5) is 0. The summed E-state index contributed by atoms with van der Waals surface area (Å²) in [6.07, 6.45) is 0. The maximum Gasteiger partial charge on any atom is 0.494 e. The Morgan fingerprint density at radius 2 is 1.67 bits per heavy atom. The fraction of sp³-hybridized carbons (Fsp3) is 0.538. The van der Waals surface area contributed by atoms with Gasteiger partial charge in [-0.15, -0.1) is 0 Å². The molecule has 0 bridgehead atoms. The molecular weight excluding hydrogens is 358 g/mol. The molecule has 1 aliphatic heterocycles. The zero-order valence-corrected chi connectivity index (χ0v) is 14.2. The summed E-state index contributed by atoms with van der Waals surface area (Å²) in [6.45, 7) is 8.28. The first-order chi connectivity index (χ1) is 8.25. The van der Waals surface area contributed by atoms with E-state index in [0.29, 0.717) is 0 Å². The lowest BCUT2D eigenvalue weighted by molar-refractivity contribution is 0.00578. The molecule has 0 aliphatic carbocycles. The van der Waals surface area contributed by atoms with Crippen molar-refractivity contribution in [3.05, 3.63) is 27.3 Å². The van der Waals surface area contributed by atoms with Crippen LogP contribution in [0.5, 0.6) is 0 Å². The van der Waals surface area contributed by atoms with E-state index >= 15 is 0 Å². The highest BCUT2D eigenvalue weighted by atomic mass is 127. The van der Waals surface area contributed by atoms with Crippen molar-refractivity contribution in [3.8, 4) is 0 Å². The molecule has 1 saturated heterocycles. The highest BCUT2D eigenvalue weighted by molar-refractivity contribution is 14.1. The van der Waals surface area contributed by atoms with Crippen molar-refractivity contribution in [1.82, 2.24) is 0 Å². The van der Waals surface area contributed by atoms with Crippen molar-refractivity contribution in [2.24, 2.45) is 0 Å². The van der Waals surface area contributed by atoms with Crippen LogP contribution < -0.4 is 5.46 Å². The third-order valence-electron chi connectivity index (χ3n) is 3.69. The van der Waals surface area contributed by atoms with Gasteiger partial charge in [0.2, 0.25) is 0 Å². The summed E-state index contributed by atoms with van der Waals surface area (Å²) < 4.78 is 13.3. The molecule has 0 aromatic heterocycles. The smallest absolute Gasteiger partial charge is 0.399 e. The number of hydrogen-bond donors (Lipinski definition) is 1. The summed E-state index contributed by atoms with van der Waals surface area (Å²) >= 11 is 6.64.